The monoisotopic (exact) mass is 480 g/mol. The van der Waals surface area contributed by atoms with Crippen molar-refractivity contribution in [3.05, 3.63) is 103 Å². The molecule has 4 rings (SSSR count). The lowest BCUT2D eigenvalue weighted by Crippen LogP contribution is -2.22. The fourth-order valence-corrected chi connectivity index (χ4v) is 3.67. The Labute approximate surface area is 173 Å². The molecule has 1 heterocycles. The molecule has 5 heteroatoms. The Bertz CT molecular complexity index is 1210. The standard InChI is InChI=1S/C22H14Br2N2O/c23-16-6-4-5-15(13-16)9-12-21-25-20-11-10-17(24)14-19(20)22(27)26(21)18-7-2-1-3-8-18/h1-14H. The van der Waals surface area contributed by atoms with E-state index in [1.54, 1.807) is 4.57 Å². The van der Waals surface area contributed by atoms with E-state index < -0.39 is 0 Å². The molecule has 0 fully saturated rings. The van der Waals surface area contributed by atoms with Gasteiger partial charge in [0, 0.05) is 8.95 Å². The van der Waals surface area contributed by atoms with Gasteiger partial charge >= 0.3 is 0 Å². The molecule has 4 aromatic rings. The number of fused-ring (bicyclic) bond motifs is 1. The minimum Gasteiger partial charge on any atom is -0.268 e. The molecule has 0 amide bonds. The second-order valence-electron chi connectivity index (χ2n) is 6.00. The largest absolute Gasteiger partial charge is 0.268 e. The summed E-state index contributed by atoms with van der Waals surface area (Å²) in [5.74, 6) is 0.584. The van der Waals surface area contributed by atoms with Gasteiger partial charge in [-0.3, -0.25) is 9.36 Å². The zero-order chi connectivity index (χ0) is 18.8. The van der Waals surface area contributed by atoms with Crippen LogP contribution in [-0.2, 0) is 0 Å². The van der Waals surface area contributed by atoms with Gasteiger partial charge in [0.1, 0.15) is 5.82 Å². The van der Waals surface area contributed by atoms with E-state index in [0.29, 0.717) is 16.7 Å². The van der Waals surface area contributed by atoms with Gasteiger partial charge in [-0.1, -0.05) is 68.3 Å². The maximum atomic E-state index is 13.2. The summed E-state index contributed by atoms with van der Waals surface area (Å²) in [6.07, 6.45) is 3.83. The number of para-hydroxylation sites is 1. The highest BCUT2D eigenvalue weighted by molar-refractivity contribution is 9.10. The fraction of sp³-hybridized carbons (Fsp3) is 0. The molecule has 0 N–H and O–H groups in total. The third-order valence-electron chi connectivity index (χ3n) is 4.14. The van der Waals surface area contributed by atoms with Crippen molar-refractivity contribution >= 4 is 54.9 Å². The SMILES string of the molecule is O=c1c2cc(Br)ccc2nc(C=Cc2cccc(Br)c2)n1-c1ccccc1. The highest BCUT2D eigenvalue weighted by atomic mass is 79.9. The molecular formula is C22H14Br2N2O. The van der Waals surface area contributed by atoms with Crippen LogP contribution in [0, 0.1) is 0 Å². The lowest BCUT2D eigenvalue weighted by atomic mass is 10.2. The van der Waals surface area contributed by atoms with Crippen LogP contribution in [0.5, 0.6) is 0 Å². The normalized spacial score (nSPS) is 11.3. The minimum absolute atomic E-state index is 0.0959. The molecule has 3 aromatic carbocycles. The molecule has 0 unspecified atom stereocenters. The van der Waals surface area contributed by atoms with Gasteiger partial charge < -0.3 is 0 Å². The van der Waals surface area contributed by atoms with Gasteiger partial charge in [0.2, 0.25) is 0 Å². The molecule has 0 saturated heterocycles. The van der Waals surface area contributed by atoms with Gasteiger partial charge in [-0.2, -0.15) is 0 Å². The average molecular weight is 482 g/mol. The highest BCUT2D eigenvalue weighted by Crippen LogP contribution is 2.19. The third kappa shape index (κ3) is 3.80. The number of hydrogen-bond acceptors (Lipinski definition) is 2. The van der Waals surface area contributed by atoms with E-state index >= 15 is 0 Å². The van der Waals surface area contributed by atoms with Crippen LogP contribution >= 0.6 is 31.9 Å². The van der Waals surface area contributed by atoms with Crippen molar-refractivity contribution in [3.8, 4) is 5.69 Å². The molecule has 0 aliphatic heterocycles. The lowest BCUT2D eigenvalue weighted by molar-refractivity contribution is 0.944. The molecule has 0 bridgehead atoms. The predicted molar refractivity (Wildman–Crippen MR) is 118 cm³/mol. The number of nitrogens with zero attached hydrogens (tertiary/aromatic N) is 2. The van der Waals surface area contributed by atoms with Gasteiger partial charge in [0.25, 0.3) is 5.56 Å². The molecule has 0 radical (unpaired) electrons. The summed E-state index contributed by atoms with van der Waals surface area (Å²) >= 11 is 6.92. The molecule has 0 aliphatic carbocycles. The smallest absolute Gasteiger partial charge is 0.266 e. The Hall–Kier alpha value is -2.50. The van der Waals surface area contributed by atoms with Crippen molar-refractivity contribution in [3.63, 3.8) is 0 Å². The zero-order valence-corrected chi connectivity index (χ0v) is 17.3. The number of hydrogen-bond donors (Lipinski definition) is 0. The molecule has 132 valence electrons. The molecule has 0 spiro atoms. The molecule has 1 aromatic heterocycles. The maximum Gasteiger partial charge on any atom is 0.266 e. The number of aromatic nitrogens is 2. The molecule has 0 atom stereocenters. The summed E-state index contributed by atoms with van der Waals surface area (Å²) in [4.78, 5) is 18.0. The van der Waals surface area contributed by atoms with Crippen LogP contribution in [0.15, 0.2) is 86.5 Å². The first kappa shape index (κ1) is 17.9. The van der Waals surface area contributed by atoms with Gasteiger partial charge in [-0.05, 0) is 54.1 Å². The van der Waals surface area contributed by atoms with Gasteiger partial charge in [0.15, 0.2) is 0 Å². The third-order valence-corrected chi connectivity index (χ3v) is 5.13. The summed E-state index contributed by atoms with van der Waals surface area (Å²) in [6, 6.07) is 23.1. The lowest BCUT2D eigenvalue weighted by Gasteiger charge is -2.11. The molecule has 3 nitrogen and oxygen atoms in total. The predicted octanol–water partition coefficient (Wildman–Crippen LogP) is 6.08. The molecule has 27 heavy (non-hydrogen) atoms. The summed E-state index contributed by atoms with van der Waals surface area (Å²) in [7, 11) is 0. The Morgan fingerprint density at radius 2 is 1.59 bits per heavy atom. The van der Waals surface area contributed by atoms with E-state index in [1.807, 2.05) is 84.9 Å². The fourth-order valence-electron chi connectivity index (χ4n) is 2.89. The van der Waals surface area contributed by atoms with E-state index in [1.165, 1.54) is 0 Å². The summed E-state index contributed by atoms with van der Waals surface area (Å²) in [6.45, 7) is 0. The quantitative estimate of drug-likeness (QED) is 0.355. The van der Waals surface area contributed by atoms with Crippen LogP contribution < -0.4 is 5.56 Å². The van der Waals surface area contributed by atoms with Crippen molar-refractivity contribution in [1.29, 1.82) is 0 Å². The van der Waals surface area contributed by atoms with Gasteiger partial charge in [-0.15, -0.1) is 0 Å². The van der Waals surface area contributed by atoms with Crippen LogP contribution in [0.3, 0.4) is 0 Å². The topological polar surface area (TPSA) is 34.9 Å². The average Bonchev–Trinajstić information content (AvgIpc) is 2.68. The second-order valence-corrected chi connectivity index (χ2v) is 7.83. The number of benzene rings is 3. The van der Waals surface area contributed by atoms with Crippen molar-refractivity contribution in [2.24, 2.45) is 0 Å². The van der Waals surface area contributed by atoms with Crippen LogP contribution in [-0.4, -0.2) is 9.55 Å². The highest BCUT2D eigenvalue weighted by Gasteiger charge is 2.11. The van der Waals surface area contributed by atoms with E-state index in [0.717, 1.165) is 20.2 Å². The van der Waals surface area contributed by atoms with Crippen LogP contribution in [0.1, 0.15) is 11.4 Å². The Balaban J connectivity index is 1.95. The summed E-state index contributed by atoms with van der Waals surface area (Å²) < 4.78 is 3.50. The number of halogens is 2. The number of rotatable bonds is 3. The van der Waals surface area contributed by atoms with Gasteiger partial charge in [0.05, 0.1) is 16.6 Å². The Morgan fingerprint density at radius 3 is 2.37 bits per heavy atom. The molecule has 0 saturated carbocycles. The summed E-state index contributed by atoms with van der Waals surface area (Å²) in [5.41, 5.74) is 2.38. The summed E-state index contributed by atoms with van der Waals surface area (Å²) in [5, 5.41) is 0.577. The van der Waals surface area contributed by atoms with Crippen LogP contribution in [0.4, 0.5) is 0 Å². The molecule has 0 aliphatic rings. The van der Waals surface area contributed by atoms with Crippen molar-refractivity contribution < 1.29 is 0 Å². The van der Waals surface area contributed by atoms with E-state index in [4.69, 9.17) is 4.98 Å². The van der Waals surface area contributed by atoms with Crippen LogP contribution in [0.25, 0.3) is 28.7 Å². The first-order chi connectivity index (χ1) is 13.1. The van der Waals surface area contributed by atoms with Crippen LogP contribution in [0.2, 0.25) is 0 Å². The Kier molecular flexibility index (Phi) is 5.05. The van der Waals surface area contributed by atoms with Crippen molar-refractivity contribution in [1.82, 2.24) is 9.55 Å². The first-order valence-electron chi connectivity index (χ1n) is 8.33. The maximum absolute atomic E-state index is 13.2. The molecular weight excluding hydrogens is 468 g/mol. The van der Waals surface area contributed by atoms with E-state index in [9.17, 15) is 4.79 Å². The van der Waals surface area contributed by atoms with E-state index in [-0.39, 0.29) is 5.56 Å². The Morgan fingerprint density at radius 1 is 0.815 bits per heavy atom. The van der Waals surface area contributed by atoms with Gasteiger partial charge in [-0.25, -0.2) is 4.98 Å². The first-order valence-corrected chi connectivity index (χ1v) is 9.92. The van der Waals surface area contributed by atoms with E-state index in [2.05, 4.69) is 31.9 Å². The minimum atomic E-state index is -0.0959. The zero-order valence-electron chi connectivity index (χ0n) is 14.1. The van der Waals surface area contributed by atoms with Crippen molar-refractivity contribution in [2.75, 3.05) is 0 Å². The second kappa shape index (κ2) is 7.62. The van der Waals surface area contributed by atoms with Crippen molar-refractivity contribution in [2.45, 2.75) is 0 Å².